The fourth-order valence-corrected chi connectivity index (χ4v) is 4.03. The van der Waals surface area contributed by atoms with Crippen LogP contribution in [-0.4, -0.2) is 0 Å². The lowest BCUT2D eigenvalue weighted by Gasteiger charge is -2.15. The minimum atomic E-state index is 0.0665. The summed E-state index contributed by atoms with van der Waals surface area (Å²) in [6.07, 6.45) is 0. The number of hydrogen-bond acceptors (Lipinski definition) is 0. The number of alkyl halides is 1. The molecule has 94 valence electrons. The van der Waals surface area contributed by atoms with Gasteiger partial charge in [0, 0.05) is 14.0 Å². The van der Waals surface area contributed by atoms with Gasteiger partial charge in [-0.3, -0.25) is 0 Å². The highest BCUT2D eigenvalue weighted by molar-refractivity contribution is 9.11. The van der Waals surface area contributed by atoms with Crippen LogP contribution in [0.5, 0.6) is 0 Å². The molecule has 1 atom stereocenters. The van der Waals surface area contributed by atoms with Gasteiger partial charge in [0.25, 0.3) is 0 Å². The Hall–Kier alpha value is 0.170. The van der Waals surface area contributed by atoms with Crippen molar-refractivity contribution >= 4 is 59.4 Å². The highest BCUT2D eigenvalue weighted by atomic mass is 79.9. The summed E-state index contributed by atoms with van der Waals surface area (Å²) >= 11 is 17.2. The summed E-state index contributed by atoms with van der Waals surface area (Å²) in [6.45, 7) is 2.02. The molecule has 0 nitrogen and oxygen atoms in total. The van der Waals surface area contributed by atoms with Crippen molar-refractivity contribution in [2.45, 2.75) is 11.8 Å². The largest absolute Gasteiger partial charge is 0.0837 e. The minimum absolute atomic E-state index is 0.0665. The van der Waals surface area contributed by atoms with Crippen LogP contribution >= 0.6 is 59.4 Å². The van der Waals surface area contributed by atoms with Crippen molar-refractivity contribution < 1.29 is 0 Å². The van der Waals surface area contributed by atoms with Gasteiger partial charge in [-0.25, -0.2) is 0 Å². The van der Waals surface area contributed by atoms with Crippen molar-refractivity contribution in [1.29, 1.82) is 0 Å². The number of aryl methyl sites for hydroxylation is 1. The topological polar surface area (TPSA) is 0 Å². The molecule has 0 saturated carbocycles. The van der Waals surface area contributed by atoms with Crippen LogP contribution in [0.15, 0.2) is 45.3 Å². The van der Waals surface area contributed by atoms with E-state index in [1.807, 2.05) is 37.3 Å². The first-order valence-corrected chi connectivity index (χ1v) is 8.22. The Morgan fingerprint density at radius 2 is 1.78 bits per heavy atom. The van der Waals surface area contributed by atoms with E-state index in [1.54, 1.807) is 0 Å². The third kappa shape index (κ3) is 3.01. The third-order valence-electron chi connectivity index (χ3n) is 2.73. The van der Waals surface area contributed by atoms with Crippen LogP contribution in [0.2, 0.25) is 5.02 Å². The second-order valence-electron chi connectivity index (χ2n) is 4.01. The van der Waals surface area contributed by atoms with Gasteiger partial charge in [0.2, 0.25) is 0 Å². The first kappa shape index (κ1) is 14.6. The predicted molar refractivity (Wildman–Crippen MR) is 88.8 cm³/mol. The zero-order chi connectivity index (χ0) is 13.3. The average molecular weight is 453 g/mol. The number of halogens is 4. The summed E-state index contributed by atoms with van der Waals surface area (Å²) in [7, 11) is 0. The SMILES string of the molecule is Cc1cccc(C(Br)c2cc(Br)ccc2Br)c1Cl. The van der Waals surface area contributed by atoms with Crippen LogP contribution in [0.25, 0.3) is 0 Å². The second-order valence-corrected chi connectivity index (χ2v) is 7.07. The lowest BCUT2D eigenvalue weighted by Crippen LogP contribution is -1.96. The fraction of sp³-hybridized carbons (Fsp3) is 0.143. The van der Waals surface area contributed by atoms with Crippen molar-refractivity contribution in [1.82, 2.24) is 0 Å². The summed E-state index contributed by atoms with van der Waals surface area (Å²) < 4.78 is 2.11. The lowest BCUT2D eigenvalue weighted by molar-refractivity contribution is 1.15. The Morgan fingerprint density at radius 3 is 2.50 bits per heavy atom. The van der Waals surface area contributed by atoms with Crippen molar-refractivity contribution in [2.24, 2.45) is 0 Å². The monoisotopic (exact) mass is 450 g/mol. The van der Waals surface area contributed by atoms with E-state index in [1.165, 1.54) is 0 Å². The van der Waals surface area contributed by atoms with Gasteiger partial charge in [-0.15, -0.1) is 0 Å². The standard InChI is InChI=1S/C14H10Br3Cl/c1-8-3-2-4-10(14(8)18)13(17)11-7-9(15)5-6-12(11)16/h2-7,13H,1H3. The Balaban J connectivity index is 2.51. The van der Waals surface area contributed by atoms with Gasteiger partial charge in [0.1, 0.15) is 0 Å². The molecule has 2 rings (SSSR count). The van der Waals surface area contributed by atoms with Crippen LogP contribution < -0.4 is 0 Å². The molecular formula is C14H10Br3Cl. The normalized spacial score (nSPS) is 12.5. The van der Waals surface area contributed by atoms with Crippen LogP contribution in [0, 0.1) is 6.92 Å². The molecule has 0 fully saturated rings. The van der Waals surface area contributed by atoms with Gasteiger partial charge in [0.15, 0.2) is 0 Å². The molecule has 0 aliphatic carbocycles. The summed E-state index contributed by atoms with van der Waals surface area (Å²) in [6, 6.07) is 12.2. The number of benzene rings is 2. The van der Waals surface area contributed by atoms with Crippen molar-refractivity contribution in [3.8, 4) is 0 Å². The quantitative estimate of drug-likeness (QED) is 0.446. The number of rotatable bonds is 2. The van der Waals surface area contributed by atoms with Gasteiger partial charge in [-0.2, -0.15) is 0 Å². The molecular weight excluding hydrogens is 443 g/mol. The van der Waals surface area contributed by atoms with E-state index in [2.05, 4.69) is 53.9 Å². The first-order chi connectivity index (χ1) is 8.50. The summed E-state index contributed by atoms with van der Waals surface area (Å²) in [5.74, 6) is 0. The van der Waals surface area contributed by atoms with Crippen LogP contribution in [-0.2, 0) is 0 Å². The maximum atomic E-state index is 6.37. The van der Waals surface area contributed by atoms with Gasteiger partial charge >= 0.3 is 0 Å². The molecule has 0 spiro atoms. The zero-order valence-corrected chi connectivity index (χ0v) is 15.1. The van der Waals surface area contributed by atoms with Gasteiger partial charge in [-0.1, -0.05) is 77.6 Å². The van der Waals surface area contributed by atoms with Crippen molar-refractivity contribution in [2.75, 3.05) is 0 Å². The zero-order valence-electron chi connectivity index (χ0n) is 9.55. The van der Waals surface area contributed by atoms with Crippen LogP contribution in [0.4, 0.5) is 0 Å². The Morgan fingerprint density at radius 1 is 1.06 bits per heavy atom. The second kappa shape index (κ2) is 6.08. The molecule has 0 aromatic heterocycles. The molecule has 0 bridgehead atoms. The Bertz CT molecular complexity index is 579. The van der Waals surface area contributed by atoms with E-state index in [0.29, 0.717) is 0 Å². The first-order valence-electron chi connectivity index (χ1n) is 5.34. The highest BCUT2D eigenvalue weighted by Crippen LogP contribution is 2.40. The molecule has 0 heterocycles. The van der Waals surface area contributed by atoms with Crippen LogP contribution in [0.1, 0.15) is 21.5 Å². The molecule has 18 heavy (non-hydrogen) atoms. The molecule has 4 heteroatoms. The van der Waals surface area contributed by atoms with Gasteiger partial charge in [-0.05, 0) is 41.8 Å². The molecule has 0 aliphatic heterocycles. The van der Waals surface area contributed by atoms with E-state index in [-0.39, 0.29) is 4.83 Å². The minimum Gasteiger partial charge on any atom is -0.0837 e. The van der Waals surface area contributed by atoms with Gasteiger partial charge in [0.05, 0.1) is 4.83 Å². The fourth-order valence-electron chi connectivity index (χ4n) is 1.74. The maximum Gasteiger partial charge on any atom is 0.0670 e. The third-order valence-corrected chi connectivity index (χ3v) is 5.44. The smallest absolute Gasteiger partial charge is 0.0670 e. The van der Waals surface area contributed by atoms with Crippen LogP contribution in [0.3, 0.4) is 0 Å². The summed E-state index contributed by atoms with van der Waals surface area (Å²) in [4.78, 5) is 0.0665. The Labute approximate surface area is 137 Å². The molecule has 0 aliphatic rings. The summed E-state index contributed by atoms with van der Waals surface area (Å²) in [5, 5.41) is 0.811. The lowest BCUT2D eigenvalue weighted by atomic mass is 10.0. The predicted octanol–water partition coefficient (Wildman–Crippen LogP) is 6.66. The van der Waals surface area contributed by atoms with E-state index in [9.17, 15) is 0 Å². The molecule has 0 saturated heterocycles. The molecule has 2 aromatic rings. The van der Waals surface area contributed by atoms with E-state index >= 15 is 0 Å². The van der Waals surface area contributed by atoms with E-state index in [4.69, 9.17) is 11.6 Å². The molecule has 0 amide bonds. The van der Waals surface area contributed by atoms with E-state index < -0.39 is 0 Å². The Kier molecular flexibility index (Phi) is 4.92. The maximum absolute atomic E-state index is 6.37. The molecule has 0 radical (unpaired) electrons. The summed E-state index contributed by atoms with van der Waals surface area (Å²) in [5.41, 5.74) is 3.32. The van der Waals surface area contributed by atoms with Crippen molar-refractivity contribution in [3.05, 3.63) is 67.1 Å². The average Bonchev–Trinajstić information content (AvgIpc) is 2.35. The van der Waals surface area contributed by atoms with E-state index in [0.717, 1.165) is 30.7 Å². The highest BCUT2D eigenvalue weighted by Gasteiger charge is 2.17. The number of hydrogen-bond donors (Lipinski definition) is 0. The van der Waals surface area contributed by atoms with Crippen molar-refractivity contribution in [3.63, 3.8) is 0 Å². The molecule has 1 unspecified atom stereocenters. The van der Waals surface area contributed by atoms with Gasteiger partial charge < -0.3 is 0 Å². The molecule has 2 aromatic carbocycles. The molecule has 0 N–H and O–H groups in total.